The van der Waals surface area contributed by atoms with E-state index in [9.17, 15) is 0 Å². The molecular weight excluding hydrogens is 188 g/mol. The molecule has 0 bridgehead atoms. The van der Waals surface area contributed by atoms with Crippen LogP contribution in [0.1, 0.15) is 20.3 Å². The molecule has 0 aromatic heterocycles. The van der Waals surface area contributed by atoms with Gasteiger partial charge in [0.2, 0.25) is 0 Å². The molecule has 0 aliphatic carbocycles. The summed E-state index contributed by atoms with van der Waals surface area (Å²) < 4.78 is 8.80. The number of hydrogen-bond acceptors (Lipinski definition) is 5. The minimum Gasteiger partial charge on any atom is -0.391 e. The number of hydrogen-bond donors (Lipinski definition) is 3. The fourth-order valence-corrected chi connectivity index (χ4v) is 0.241. The molecule has 1 atom stereocenters. The maximum atomic E-state index is 8.43. The third kappa shape index (κ3) is 59.7. The van der Waals surface area contributed by atoms with Gasteiger partial charge in [0.1, 0.15) is 0 Å². The Morgan fingerprint density at radius 1 is 1.07 bits per heavy atom. The first-order valence-electron chi connectivity index (χ1n) is 4.39. The van der Waals surface area contributed by atoms with Crippen LogP contribution in [0.5, 0.6) is 0 Å². The van der Waals surface area contributed by atoms with Crippen LogP contribution in [0, 0.1) is 0 Å². The van der Waals surface area contributed by atoms with Gasteiger partial charge in [0.05, 0.1) is 12.7 Å². The highest BCUT2D eigenvalue weighted by molar-refractivity contribution is 4.36. The quantitative estimate of drug-likeness (QED) is 0.573. The van der Waals surface area contributed by atoms with E-state index in [2.05, 4.69) is 9.47 Å². The maximum absolute atomic E-state index is 8.43. The summed E-state index contributed by atoms with van der Waals surface area (Å²) in [5.41, 5.74) is 0. The first-order chi connectivity index (χ1) is 6.45. The minimum atomic E-state index is -1.12. The zero-order chi connectivity index (χ0) is 12.0. The zero-order valence-electron chi connectivity index (χ0n) is 9.73. The van der Waals surface area contributed by atoms with Crippen molar-refractivity contribution in [3.8, 4) is 0 Å². The van der Waals surface area contributed by atoms with Gasteiger partial charge in [0, 0.05) is 21.3 Å². The molecule has 0 aromatic carbocycles. The second-order valence-corrected chi connectivity index (χ2v) is 2.60. The van der Waals surface area contributed by atoms with Crippen molar-refractivity contribution in [2.45, 2.75) is 32.7 Å². The highest BCUT2D eigenvalue weighted by Crippen LogP contribution is 1.77. The van der Waals surface area contributed by atoms with Gasteiger partial charge in [-0.2, -0.15) is 0 Å². The second kappa shape index (κ2) is 18.6. The van der Waals surface area contributed by atoms with E-state index in [0.717, 1.165) is 0 Å². The molecule has 0 spiro atoms. The van der Waals surface area contributed by atoms with Crippen LogP contribution in [-0.4, -0.2) is 55.6 Å². The van der Waals surface area contributed by atoms with Gasteiger partial charge in [-0.25, -0.2) is 0 Å². The standard InChI is InChI=1S/C4H10O2.C3H8O2.C2H6O/c1-4(5)3-6-2;1-2-3(4)5;1-3-2/h4-5H,3H2,1-2H3;3-5H,2H2,1H3;1-2H3. The van der Waals surface area contributed by atoms with E-state index >= 15 is 0 Å². The van der Waals surface area contributed by atoms with Gasteiger partial charge < -0.3 is 24.8 Å². The van der Waals surface area contributed by atoms with Crippen LogP contribution in [0.25, 0.3) is 0 Å². The molecule has 0 aromatic rings. The third-order valence-electron chi connectivity index (χ3n) is 0.773. The van der Waals surface area contributed by atoms with Crippen LogP contribution >= 0.6 is 0 Å². The van der Waals surface area contributed by atoms with E-state index in [1.807, 2.05) is 0 Å². The number of rotatable bonds is 3. The molecule has 90 valence electrons. The summed E-state index contributed by atoms with van der Waals surface area (Å²) in [6.07, 6.45) is -1.02. The summed E-state index contributed by atoms with van der Waals surface area (Å²) in [6, 6.07) is 0. The Balaban J connectivity index is -0.000000138. The molecule has 0 radical (unpaired) electrons. The van der Waals surface area contributed by atoms with Gasteiger partial charge in [-0.1, -0.05) is 6.92 Å². The van der Waals surface area contributed by atoms with E-state index in [-0.39, 0.29) is 6.10 Å². The summed E-state index contributed by atoms with van der Waals surface area (Å²) in [7, 11) is 4.81. The Bertz CT molecular complexity index is 75.6. The predicted molar refractivity (Wildman–Crippen MR) is 55.0 cm³/mol. The van der Waals surface area contributed by atoms with Gasteiger partial charge in [-0.05, 0) is 13.3 Å². The van der Waals surface area contributed by atoms with E-state index in [0.29, 0.717) is 13.0 Å². The number of ether oxygens (including phenoxy) is 2. The van der Waals surface area contributed by atoms with Crippen molar-refractivity contribution in [1.82, 2.24) is 0 Å². The molecule has 0 amide bonds. The van der Waals surface area contributed by atoms with Crippen LogP contribution in [-0.2, 0) is 9.47 Å². The van der Waals surface area contributed by atoms with Crippen molar-refractivity contribution >= 4 is 0 Å². The summed E-state index contributed by atoms with van der Waals surface area (Å²) in [4.78, 5) is 0. The summed E-state index contributed by atoms with van der Waals surface area (Å²) in [5, 5.41) is 24.3. The normalized spacial score (nSPS) is 10.9. The fraction of sp³-hybridized carbons (Fsp3) is 1.00. The van der Waals surface area contributed by atoms with Gasteiger partial charge in [-0.15, -0.1) is 0 Å². The summed E-state index contributed by atoms with van der Waals surface area (Å²) in [5.74, 6) is 0. The molecule has 5 heteroatoms. The molecule has 0 fully saturated rings. The van der Waals surface area contributed by atoms with Crippen molar-refractivity contribution in [2.75, 3.05) is 27.9 Å². The molecular formula is C9H24O5. The molecule has 0 aliphatic heterocycles. The molecule has 0 saturated heterocycles. The van der Waals surface area contributed by atoms with Gasteiger partial charge in [-0.3, -0.25) is 0 Å². The van der Waals surface area contributed by atoms with Crippen molar-refractivity contribution in [3.63, 3.8) is 0 Å². The van der Waals surface area contributed by atoms with E-state index in [4.69, 9.17) is 15.3 Å². The lowest BCUT2D eigenvalue weighted by molar-refractivity contribution is -0.0413. The van der Waals surface area contributed by atoms with E-state index in [1.165, 1.54) is 0 Å². The SMILES string of the molecule is CCC(O)O.COC.COCC(C)O. The van der Waals surface area contributed by atoms with Gasteiger partial charge >= 0.3 is 0 Å². The number of methoxy groups -OCH3 is 2. The molecule has 0 saturated carbocycles. The van der Waals surface area contributed by atoms with Crippen molar-refractivity contribution in [1.29, 1.82) is 0 Å². The summed E-state index contributed by atoms with van der Waals surface area (Å²) >= 11 is 0. The maximum Gasteiger partial charge on any atom is 0.151 e. The Hall–Kier alpha value is -0.200. The molecule has 0 heterocycles. The first kappa shape index (κ1) is 19.4. The highest BCUT2D eigenvalue weighted by atomic mass is 16.5. The van der Waals surface area contributed by atoms with Gasteiger partial charge in [0.15, 0.2) is 6.29 Å². The lowest BCUT2D eigenvalue weighted by Gasteiger charge is -1.97. The van der Waals surface area contributed by atoms with E-state index in [1.54, 1.807) is 35.2 Å². The highest BCUT2D eigenvalue weighted by Gasteiger charge is 1.87. The van der Waals surface area contributed by atoms with Crippen LogP contribution in [0.15, 0.2) is 0 Å². The Morgan fingerprint density at radius 3 is 1.36 bits per heavy atom. The van der Waals surface area contributed by atoms with Crippen LogP contribution in [0.3, 0.4) is 0 Å². The van der Waals surface area contributed by atoms with Crippen LogP contribution in [0.4, 0.5) is 0 Å². The van der Waals surface area contributed by atoms with E-state index < -0.39 is 6.29 Å². The minimum absolute atomic E-state index is 0.324. The zero-order valence-corrected chi connectivity index (χ0v) is 9.73. The summed E-state index contributed by atoms with van der Waals surface area (Å²) in [6.45, 7) is 3.81. The fourth-order valence-electron chi connectivity index (χ4n) is 0.241. The monoisotopic (exact) mass is 212 g/mol. The molecule has 0 aliphatic rings. The smallest absolute Gasteiger partial charge is 0.151 e. The van der Waals surface area contributed by atoms with Crippen molar-refractivity contribution < 1.29 is 24.8 Å². The molecule has 3 N–H and O–H groups in total. The molecule has 5 nitrogen and oxygen atoms in total. The Kier molecular flexibility index (Phi) is 25.7. The Morgan fingerprint density at radius 2 is 1.36 bits per heavy atom. The largest absolute Gasteiger partial charge is 0.391 e. The number of aliphatic hydroxyl groups excluding tert-OH is 2. The third-order valence-corrected chi connectivity index (χ3v) is 0.773. The van der Waals surface area contributed by atoms with Crippen LogP contribution < -0.4 is 0 Å². The topological polar surface area (TPSA) is 79.2 Å². The number of aliphatic hydroxyl groups is 3. The lowest BCUT2D eigenvalue weighted by Crippen LogP contribution is -2.07. The van der Waals surface area contributed by atoms with Crippen LogP contribution in [0.2, 0.25) is 0 Å². The molecule has 1 unspecified atom stereocenters. The predicted octanol–water partition coefficient (Wildman–Crippen LogP) is -0.0167. The average molecular weight is 212 g/mol. The lowest BCUT2D eigenvalue weighted by atomic mass is 10.5. The molecule has 14 heavy (non-hydrogen) atoms. The Labute approximate surface area is 86.3 Å². The average Bonchev–Trinajstić information content (AvgIpc) is 2.06. The van der Waals surface area contributed by atoms with Crippen molar-refractivity contribution in [3.05, 3.63) is 0 Å². The van der Waals surface area contributed by atoms with Gasteiger partial charge in [0.25, 0.3) is 0 Å². The molecule has 0 rings (SSSR count). The second-order valence-electron chi connectivity index (χ2n) is 2.60. The first-order valence-corrected chi connectivity index (χ1v) is 4.39. The van der Waals surface area contributed by atoms with Crippen molar-refractivity contribution in [2.24, 2.45) is 0 Å².